The Morgan fingerprint density at radius 1 is 1.30 bits per heavy atom. The van der Waals surface area contributed by atoms with Gasteiger partial charge in [-0.2, -0.15) is 0 Å². The van der Waals surface area contributed by atoms with Crippen LogP contribution < -0.4 is 11.0 Å². The van der Waals surface area contributed by atoms with E-state index in [0.29, 0.717) is 17.2 Å². The van der Waals surface area contributed by atoms with E-state index in [2.05, 4.69) is 10.3 Å². The zero-order valence-corrected chi connectivity index (χ0v) is 12.7. The van der Waals surface area contributed by atoms with Crippen molar-refractivity contribution in [1.82, 2.24) is 19.3 Å². The van der Waals surface area contributed by atoms with Crippen molar-refractivity contribution in [3.63, 3.8) is 0 Å². The maximum Gasteiger partial charge on any atom is 0.405 e. The van der Waals surface area contributed by atoms with Crippen LogP contribution in [0.25, 0.3) is 11.3 Å². The minimum atomic E-state index is -1.17. The number of carbonyl (C=O) groups is 1. The average molecular weight is 312 g/mol. The van der Waals surface area contributed by atoms with E-state index >= 15 is 0 Å². The first-order valence-electron chi connectivity index (χ1n) is 7.14. The van der Waals surface area contributed by atoms with Crippen LogP contribution >= 0.6 is 0 Å². The highest BCUT2D eigenvalue weighted by atomic mass is 16.4. The lowest BCUT2D eigenvalue weighted by atomic mass is 10.2. The Morgan fingerprint density at radius 2 is 2.00 bits per heavy atom. The van der Waals surface area contributed by atoms with Gasteiger partial charge in [0.1, 0.15) is 11.5 Å². The maximum absolute atomic E-state index is 12.9. The monoisotopic (exact) mass is 312 g/mol. The molecule has 7 nitrogen and oxygen atoms in total. The summed E-state index contributed by atoms with van der Waals surface area (Å²) in [5, 5.41) is 11.3. The molecule has 0 saturated carbocycles. The van der Waals surface area contributed by atoms with E-state index in [1.165, 1.54) is 8.97 Å². The molecule has 2 N–H and O–H groups in total. The first kappa shape index (κ1) is 14.8. The Bertz CT molecular complexity index is 928. The molecule has 0 spiro atoms. The van der Waals surface area contributed by atoms with Crippen molar-refractivity contribution in [2.45, 2.75) is 19.9 Å². The summed E-state index contributed by atoms with van der Waals surface area (Å²) in [6.45, 7) is 3.53. The summed E-state index contributed by atoms with van der Waals surface area (Å²) in [5.74, 6) is 0.342. The van der Waals surface area contributed by atoms with Crippen molar-refractivity contribution >= 4 is 11.7 Å². The highest BCUT2D eigenvalue weighted by Crippen LogP contribution is 2.16. The van der Waals surface area contributed by atoms with Gasteiger partial charge in [0.15, 0.2) is 0 Å². The average Bonchev–Trinajstić information content (AvgIpc) is 2.88. The van der Waals surface area contributed by atoms with Crippen LogP contribution in [-0.4, -0.2) is 25.2 Å². The predicted octanol–water partition coefficient (Wildman–Crippen LogP) is 2.12. The number of nitrogens with one attached hydrogen (secondary N) is 1. The summed E-state index contributed by atoms with van der Waals surface area (Å²) in [6, 6.07) is 10.2. The molecule has 7 heteroatoms. The molecule has 2 heterocycles. The standard InChI is InChI=1S/C16H16N4O3/c1-10-8-13-18-14(11(2)17-15(21)22)20(16(23)19(13)9-10)12-6-4-3-5-7-12/h3-9,11,17H,1-2H3,(H,21,22). The number of amides is 1. The third kappa shape index (κ3) is 2.68. The Kier molecular flexibility index (Phi) is 3.61. The lowest BCUT2D eigenvalue weighted by molar-refractivity contribution is 0.190. The van der Waals surface area contributed by atoms with Crippen LogP contribution in [0.5, 0.6) is 0 Å². The van der Waals surface area contributed by atoms with Crippen LogP contribution in [0.4, 0.5) is 4.79 Å². The Labute approximate surface area is 131 Å². The summed E-state index contributed by atoms with van der Waals surface area (Å²) < 4.78 is 2.88. The van der Waals surface area contributed by atoms with E-state index in [4.69, 9.17) is 5.11 Å². The van der Waals surface area contributed by atoms with Gasteiger partial charge in [-0.15, -0.1) is 0 Å². The van der Waals surface area contributed by atoms with Gasteiger partial charge in [-0.1, -0.05) is 18.2 Å². The molecule has 1 atom stereocenters. The van der Waals surface area contributed by atoms with Crippen LogP contribution in [0.15, 0.2) is 47.4 Å². The van der Waals surface area contributed by atoms with Gasteiger partial charge in [0.2, 0.25) is 0 Å². The third-order valence-electron chi connectivity index (χ3n) is 3.53. The molecular weight excluding hydrogens is 296 g/mol. The molecule has 3 rings (SSSR count). The number of carboxylic acid groups (broad SMARTS) is 1. The van der Waals surface area contributed by atoms with Crippen LogP contribution in [0, 0.1) is 6.92 Å². The third-order valence-corrected chi connectivity index (χ3v) is 3.53. The van der Waals surface area contributed by atoms with Crippen molar-refractivity contribution in [3.05, 3.63) is 64.5 Å². The number of fused-ring (bicyclic) bond motifs is 1. The molecule has 0 bridgehead atoms. The molecule has 0 saturated heterocycles. The minimum Gasteiger partial charge on any atom is -0.465 e. The molecule has 0 aliphatic rings. The van der Waals surface area contributed by atoms with E-state index in [-0.39, 0.29) is 5.69 Å². The van der Waals surface area contributed by atoms with Gasteiger partial charge in [-0.05, 0) is 37.6 Å². The van der Waals surface area contributed by atoms with E-state index in [1.807, 2.05) is 25.1 Å². The van der Waals surface area contributed by atoms with E-state index in [1.54, 1.807) is 31.3 Å². The van der Waals surface area contributed by atoms with Gasteiger partial charge in [-0.3, -0.25) is 4.40 Å². The number of hydrogen-bond acceptors (Lipinski definition) is 3. The van der Waals surface area contributed by atoms with Crippen molar-refractivity contribution < 1.29 is 9.90 Å². The number of aromatic nitrogens is 3. The molecular formula is C16H16N4O3. The predicted molar refractivity (Wildman–Crippen MR) is 85.1 cm³/mol. The molecule has 3 aromatic rings. The zero-order valence-electron chi connectivity index (χ0n) is 12.7. The highest BCUT2D eigenvalue weighted by Gasteiger charge is 2.19. The van der Waals surface area contributed by atoms with Crippen LogP contribution in [0.2, 0.25) is 0 Å². The summed E-state index contributed by atoms with van der Waals surface area (Å²) in [7, 11) is 0. The molecule has 1 amide bonds. The quantitative estimate of drug-likeness (QED) is 0.775. The molecule has 0 aliphatic carbocycles. The first-order chi connectivity index (χ1) is 11.0. The van der Waals surface area contributed by atoms with Crippen LogP contribution in [0.1, 0.15) is 24.4 Å². The van der Waals surface area contributed by atoms with Gasteiger partial charge in [0.05, 0.1) is 11.7 Å². The molecule has 23 heavy (non-hydrogen) atoms. The fraction of sp³-hybridized carbons (Fsp3) is 0.188. The minimum absolute atomic E-state index is 0.289. The number of hydrogen-bond donors (Lipinski definition) is 2. The lowest BCUT2D eigenvalue weighted by Crippen LogP contribution is -2.34. The van der Waals surface area contributed by atoms with Crippen LogP contribution in [-0.2, 0) is 0 Å². The number of rotatable bonds is 3. The largest absolute Gasteiger partial charge is 0.465 e. The van der Waals surface area contributed by atoms with Crippen LogP contribution in [0.3, 0.4) is 0 Å². The Morgan fingerprint density at radius 3 is 2.65 bits per heavy atom. The van der Waals surface area contributed by atoms with Gasteiger partial charge in [-0.25, -0.2) is 19.1 Å². The molecule has 2 aromatic heterocycles. The van der Waals surface area contributed by atoms with E-state index in [0.717, 1.165) is 5.56 Å². The van der Waals surface area contributed by atoms with Crippen molar-refractivity contribution in [2.75, 3.05) is 0 Å². The second kappa shape index (κ2) is 5.60. The van der Waals surface area contributed by atoms with Gasteiger partial charge in [0.25, 0.3) is 0 Å². The maximum atomic E-state index is 12.9. The van der Waals surface area contributed by atoms with Gasteiger partial charge < -0.3 is 10.4 Å². The fourth-order valence-corrected chi connectivity index (χ4v) is 2.55. The second-order valence-electron chi connectivity index (χ2n) is 5.34. The van der Waals surface area contributed by atoms with Crippen molar-refractivity contribution in [2.24, 2.45) is 0 Å². The fourth-order valence-electron chi connectivity index (χ4n) is 2.55. The van der Waals surface area contributed by atoms with Crippen molar-refractivity contribution in [3.8, 4) is 5.69 Å². The molecule has 1 unspecified atom stereocenters. The van der Waals surface area contributed by atoms with E-state index < -0.39 is 12.1 Å². The van der Waals surface area contributed by atoms with Gasteiger partial charge in [0, 0.05) is 6.20 Å². The molecule has 1 aromatic carbocycles. The zero-order chi connectivity index (χ0) is 16.6. The summed E-state index contributed by atoms with van der Waals surface area (Å²) in [5.41, 5.74) is 1.74. The highest BCUT2D eigenvalue weighted by molar-refractivity contribution is 5.65. The summed E-state index contributed by atoms with van der Waals surface area (Å²) >= 11 is 0. The topological polar surface area (TPSA) is 88.6 Å². The molecule has 0 fully saturated rings. The second-order valence-corrected chi connectivity index (χ2v) is 5.34. The van der Waals surface area contributed by atoms with Gasteiger partial charge >= 0.3 is 11.8 Å². The normalized spacial score (nSPS) is 12.3. The molecule has 0 radical (unpaired) electrons. The number of para-hydroxylation sites is 1. The summed E-state index contributed by atoms with van der Waals surface area (Å²) in [4.78, 5) is 28.3. The lowest BCUT2D eigenvalue weighted by Gasteiger charge is -2.17. The Balaban J connectivity index is 2.31. The number of nitrogens with zero attached hydrogens (tertiary/aromatic N) is 3. The molecule has 0 aliphatic heterocycles. The first-order valence-corrected chi connectivity index (χ1v) is 7.14. The molecule has 118 valence electrons. The summed E-state index contributed by atoms with van der Waals surface area (Å²) in [6.07, 6.45) is 0.543. The van der Waals surface area contributed by atoms with E-state index in [9.17, 15) is 9.59 Å². The SMILES string of the molecule is Cc1cc2nc(C(C)NC(=O)O)n(-c3ccccc3)c(=O)n2c1. The van der Waals surface area contributed by atoms with Crippen molar-refractivity contribution in [1.29, 1.82) is 0 Å². The smallest absolute Gasteiger partial charge is 0.405 e. The number of benzene rings is 1. The number of aryl methyl sites for hydroxylation is 1. The Hall–Kier alpha value is -3.09.